The highest BCUT2D eigenvalue weighted by Crippen LogP contribution is 2.36. The summed E-state index contributed by atoms with van der Waals surface area (Å²) in [6.07, 6.45) is 0.716. The molecule has 33 heavy (non-hydrogen) atoms. The fraction of sp³-hybridized carbons (Fsp3) is 0.292. The van der Waals surface area contributed by atoms with Crippen LogP contribution in [-0.4, -0.2) is 58.6 Å². The van der Waals surface area contributed by atoms with Gasteiger partial charge in [-0.2, -0.15) is 4.98 Å². The van der Waals surface area contributed by atoms with Crippen molar-refractivity contribution in [2.24, 2.45) is 0 Å². The maximum absolute atomic E-state index is 6.60. The highest BCUT2D eigenvalue weighted by atomic mass is 35.5. The Labute approximate surface area is 194 Å². The molecule has 1 N–H and O–H groups in total. The summed E-state index contributed by atoms with van der Waals surface area (Å²) < 4.78 is 23.1. The second-order valence-corrected chi connectivity index (χ2v) is 8.41. The minimum absolute atomic E-state index is 0.0659. The van der Waals surface area contributed by atoms with Crippen LogP contribution in [0.2, 0.25) is 5.02 Å². The summed E-state index contributed by atoms with van der Waals surface area (Å²) in [6.45, 7) is 1.16. The van der Waals surface area contributed by atoms with Crippen molar-refractivity contribution in [1.82, 2.24) is 19.9 Å². The van der Waals surface area contributed by atoms with Crippen molar-refractivity contribution in [2.75, 3.05) is 20.3 Å². The highest BCUT2D eigenvalue weighted by molar-refractivity contribution is 6.33. The van der Waals surface area contributed by atoms with E-state index in [1.807, 2.05) is 42.5 Å². The Morgan fingerprint density at radius 3 is 2.79 bits per heavy atom. The molecule has 0 spiro atoms. The molecular formula is C24H21ClN4O4. The van der Waals surface area contributed by atoms with E-state index in [1.54, 1.807) is 13.2 Å². The van der Waals surface area contributed by atoms with Crippen LogP contribution < -0.4 is 9.47 Å². The van der Waals surface area contributed by atoms with Crippen LogP contribution in [-0.2, 0) is 9.47 Å². The lowest BCUT2D eigenvalue weighted by Gasteiger charge is -2.15. The van der Waals surface area contributed by atoms with Crippen molar-refractivity contribution in [3.05, 3.63) is 53.6 Å². The number of hydrogen-bond donors (Lipinski definition) is 1. The van der Waals surface area contributed by atoms with Gasteiger partial charge < -0.3 is 23.9 Å². The van der Waals surface area contributed by atoms with Crippen LogP contribution in [0.1, 0.15) is 6.42 Å². The van der Waals surface area contributed by atoms with Gasteiger partial charge in [-0.15, -0.1) is 0 Å². The van der Waals surface area contributed by atoms with E-state index < -0.39 is 0 Å². The Hall–Kier alpha value is -3.20. The lowest BCUT2D eigenvalue weighted by Crippen LogP contribution is -2.32. The number of halogens is 1. The topological polar surface area (TPSA) is 91.4 Å². The number of imidazole rings is 1. The molecule has 0 saturated carbocycles. The lowest BCUT2D eigenvalue weighted by atomic mass is 10.1. The van der Waals surface area contributed by atoms with Crippen LogP contribution in [0.4, 0.5) is 0 Å². The van der Waals surface area contributed by atoms with E-state index in [2.05, 4.69) is 19.9 Å². The third-order valence-electron chi connectivity index (χ3n) is 5.97. The van der Waals surface area contributed by atoms with E-state index in [9.17, 15) is 0 Å². The van der Waals surface area contributed by atoms with E-state index in [1.165, 1.54) is 0 Å². The molecule has 4 aromatic rings. The first-order valence-electron chi connectivity index (χ1n) is 10.8. The zero-order chi connectivity index (χ0) is 22.4. The van der Waals surface area contributed by atoms with Crippen molar-refractivity contribution in [1.29, 1.82) is 0 Å². The molecule has 2 aliphatic heterocycles. The molecule has 2 saturated heterocycles. The molecule has 2 aliphatic rings. The van der Waals surface area contributed by atoms with Gasteiger partial charge in [0, 0.05) is 12.2 Å². The molecule has 9 heteroatoms. The van der Waals surface area contributed by atoms with E-state index in [4.69, 9.17) is 30.5 Å². The first-order valence-corrected chi connectivity index (χ1v) is 11.1. The maximum Gasteiger partial charge on any atom is 0.296 e. The predicted molar refractivity (Wildman–Crippen MR) is 123 cm³/mol. The number of hydrogen-bond acceptors (Lipinski definition) is 7. The van der Waals surface area contributed by atoms with Crippen LogP contribution >= 0.6 is 11.6 Å². The summed E-state index contributed by atoms with van der Waals surface area (Å²) in [6, 6.07) is 15.9. The largest absolute Gasteiger partial charge is 0.480 e. The first-order chi connectivity index (χ1) is 16.2. The molecule has 3 unspecified atom stereocenters. The Morgan fingerprint density at radius 2 is 1.94 bits per heavy atom. The van der Waals surface area contributed by atoms with E-state index in [0.717, 1.165) is 17.7 Å². The average molecular weight is 465 g/mol. The quantitative estimate of drug-likeness (QED) is 0.471. The van der Waals surface area contributed by atoms with Gasteiger partial charge in [0.1, 0.15) is 6.10 Å². The second-order valence-electron chi connectivity index (χ2n) is 8.00. The Balaban J connectivity index is 1.33. The third kappa shape index (κ3) is 3.70. The third-order valence-corrected chi connectivity index (χ3v) is 6.25. The van der Waals surface area contributed by atoms with Gasteiger partial charge in [0.25, 0.3) is 6.01 Å². The molecule has 0 amide bonds. The van der Waals surface area contributed by atoms with E-state index >= 15 is 0 Å². The van der Waals surface area contributed by atoms with Gasteiger partial charge in [-0.05, 0) is 24.6 Å². The zero-order valence-electron chi connectivity index (χ0n) is 17.8. The summed E-state index contributed by atoms with van der Waals surface area (Å²) in [5, 5.41) is 0.452. The molecule has 2 fully saturated rings. The number of aromatic amines is 1. The number of benzene rings is 1. The van der Waals surface area contributed by atoms with Crippen LogP contribution in [0.25, 0.3) is 33.7 Å². The molecule has 0 aliphatic carbocycles. The monoisotopic (exact) mass is 464 g/mol. The number of rotatable bonds is 5. The predicted octanol–water partition coefficient (Wildman–Crippen LogP) is 4.28. The normalized spacial score (nSPS) is 21.9. The first kappa shape index (κ1) is 20.4. The molecular weight excluding hydrogens is 444 g/mol. The number of fused-ring (bicyclic) bond motifs is 2. The average Bonchev–Trinajstić information content (AvgIpc) is 3.56. The minimum atomic E-state index is -0.206. The number of H-pyrrole nitrogens is 1. The Kier molecular flexibility index (Phi) is 5.13. The number of methoxy groups -OCH3 is 1. The van der Waals surface area contributed by atoms with Gasteiger partial charge in [-0.25, -0.2) is 9.97 Å². The fourth-order valence-corrected chi connectivity index (χ4v) is 4.61. The number of pyridine rings is 2. The zero-order valence-corrected chi connectivity index (χ0v) is 18.6. The Bertz CT molecular complexity index is 1310. The number of aromatic nitrogens is 4. The molecule has 0 bridgehead atoms. The van der Waals surface area contributed by atoms with Crippen molar-refractivity contribution < 1.29 is 18.9 Å². The number of nitrogens with zero attached hydrogens (tertiary/aromatic N) is 3. The number of ether oxygens (including phenoxy) is 4. The van der Waals surface area contributed by atoms with Gasteiger partial charge in [-0.3, -0.25) is 0 Å². The maximum atomic E-state index is 6.60. The van der Waals surface area contributed by atoms with Gasteiger partial charge in [0.15, 0.2) is 11.8 Å². The van der Waals surface area contributed by atoms with Crippen LogP contribution in [0.5, 0.6) is 11.9 Å². The van der Waals surface area contributed by atoms with Gasteiger partial charge in [0.05, 0.1) is 47.3 Å². The summed E-state index contributed by atoms with van der Waals surface area (Å²) in [4.78, 5) is 17.0. The number of nitrogens with one attached hydrogen (secondary N) is 1. The van der Waals surface area contributed by atoms with E-state index in [-0.39, 0.29) is 18.3 Å². The second kappa shape index (κ2) is 8.30. The molecule has 3 atom stereocenters. The standard InChI is InChI=1S/C24H21ClN4O4/c1-30-23-14(7-8-16(26-23)13-5-3-2-4-6-13)20-15(25)11-17-22(28-20)29-24(27-17)33-19-12-32-18-9-10-31-21(18)19/h2-8,11,18-19,21H,9-10,12H2,1H3,(H,27,28,29). The molecule has 168 valence electrons. The highest BCUT2D eigenvalue weighted by Gasteiger charge is 2.43. The van der Waals surface area contributed by atoms with Crippen molar-refractivity contribution in [3.63, 3.8) is 0 Å². The molecule has 8 nitrogen and oxygen atoms in total. The Morgan fingerprint density at radius 1 is 1.06 bits per heavy atom. The van der Waals surface area contributed by atoms with Gasteiger partial charge in [0.2, 0.25) is 5.88 Å². The van der Waals surface area contributed by atoms with Crippen molar-refractivity contribution >= 4 is 22.8 Å². The molecule has 6 rings (SSSR count). The fourth-order valence-electron chi connectivity index (χ4n) is 4.36. The van der Waals surface area contributed by atoms with Crippen molar-refractivity contribution in [3.8, 4) is 34.4 Å². The molecule has 3 aromatic heterocycles. The minimum Gasteiger partial charge on any atom is -0.480 e. The summed E-state index contributed by atoms with van der Waals surface area (Å²) in [5.41, 5.74) is 4.18. The van der Waals surface area contributed by atoms with E-state index in [0.29, 0.717) is 52.5 Å². The summed E-state index contributed by atoms with van der Waals surface area (Å²) in [7, 11) is 1.58. The smallest absolute Gasteiger partial charge is 0.296 e. The van der Waals surface area contributed by atoms with Gasteiger partial charge in [-0.1, -0.05) is 41.9 Å². The lowest BCUT2D eigenvalue weighted by molar-refractivity contribution is 0.0273. The molecule has 1 aromatic carbocycles. The van der Waals surface area contributed by atoms with Crippen LogP contribution in [0.15, 0.2) is 48.5 Å². The SMILES string of the molecule is COc1nc(-c2ccccc2)ccc1-c1nc2nc(OC3COC4CCOC43)[nH]c2cc1Cl. The molecule has 0 radical (unpaired) electrons. The van der Waals surface area contributed by atoms with Crippen LogP contribution in [0, 0.1) is 0 Å². The van der Waals surface area contributed by atoms with Gasteiger partial charge >= 0.3 is 0 Å². The molecule has 5 heterocycles. The van der Waals surface area contributed by atoms with Crippen LogP contribution in [0.3, 0.4) is 0 Å². The van der Waals surface area contributed by atoms with Crippen molar-refractivity contribution in [2.45, 2.75) is 24.7 Å². The summed E-state index contributed by atoms with van der Waals surface area (Å²) >= 11 is 6.60. The summed E-state index contributed by atoms with van der Waals surface area (Å²) in [5.74, 6) is 0.435.